The number of likely N-dealkylation sites (tertiary alicyclic amines) is 1. The lowest BCUT2D eigenvalue weighted by Gasteiger charge is -2.27. The minimum Gasteiger partial charge on any atom is -0.299 e. The largest absolute Gasteiger partial charge is 0.299 e. The van der Waals surface area contributed by atoms with Crippen LogP contribution in [0.2, 0.25) is 0 Å². The first-order valence-corrected chi connectivity index (χ1v) is 11.0. The van der Waals surface area contributed by atoms with E-state index in [2.05, 4.69) is 15.7 Å². The molecule has 5 nitrogen and oxygen atoms in total. The molecule has 0 bridgehead atoms. The van der Waals surface area contributed by atoms with Crippen LogP contribution in [0.15, 0.2) is 48.5 Å². The molecule has 6 heteroatoms. The third kappa shape index (κ3) is 5.90. The zero-order valence-electron chi connectivity index (χ0n) is 15.4. The maximum Gasteiger partial charge on any atom is 0.216 e. The molecule has 1 aliphatic heterocycles. The molecule has 0 amide bonds. The van der Waals surface area contributed by atoms with Gasteiger partial charge in [0.25, 0.3) is 0 Å². The zero-order chi connectivity index (χ0) is 19.1. The first-order chi connectivity index (χ1) is 13.1. The SMILES string of the molecule is N#Cc1ccc(CS(=O)(=O)NCc2ccccc2CN2CCCCC2)cc1. The average Bonchev–Trinajstić information content (AvgIpc) is 2.68. The van der Waals surface area contributed by atoms with Crippen LogP contribution in [-0.4, -0.2) is 26.4 Å². The van der Waals surface area contributed by atoms with Crippen LogP contribution in [0.3, 0.4) is 0 Å². The Kier molecular flexibility index (Phi) is 6.62. The van der Waals surface area contributed by atoms with E-state index in [0.717, 1.165) is 25.2 Å². The Morgan fingerprint density at radius 1 is 0.963 bits per heavy atom. The van der Waals surface area contributed by atoms with Gasteiger partial charge in [-0.2, -0.15) is 5.26 Å². The second-order valence-electron chi connectivity index (χ2n) is 6.99. The Labute approximate surface area is 161 Å². The third-order valence-corrected chi connectivity index (χ3v) is 6.18. The van der Waals surface area contributed by atoms with Crippen molar-refractivity contribution in [3.63, 3.8) is 0 Å². The van der Waals surface area contributed by atoms with Gasteiger partial charge in [-0.3, -0.25) is 4.90 Å². The molecule has 0 saturated carbocycles. The molecule has 142 valence electrons. The van der Waals surface area contributed by atoms with Crippen molar-refractivity contribution in [1.29, 1.82) is 5.26 Å². The molecule has 1 N–H and O–H groups in total. The lowest BCUT2D eigenvalue weighted by Crippen LogP contribution is -2.30. The number of benzene rings is 2. The van der Waals surface area contributed by atoms with Crippen LogP contribution in [0.5, 0.6) is 0 Å². The van der Waals surface area contributed by atoms with Gasteiger partial charge < -0.3 is 0 Å². The van der Waals surface area contributed by atoms with Crippen LogP contribution in [-0.2, 0) is 28.9 Å². The quantitative estimate of drug-likeness (QED) is 0.797. The van der Waals surface area contributed by atoms with E-state index in [4.69, 9.17) is 5.26 Å². The van der Waals surface area contributed by atoms with Gasteiger partial charge in [0.2, 0.25) is 10.0 Å². The molecular weight excluding hydrogens is 358 g/mol. The van der Waals surface area contributed by atoms with Crippen molar-refractivity contribution in [2.24, 2.45) is 0 Å². The molecule has 2 aromatic carbocycles. The van der Waals surface area contributed by atoms with Gasteiger partial charge >= 0.3 is 0 Å². The van der Waals surface area contributed by atoms with E-state index in [1.165, 1.54) is 24.8 Å². The van der Waals surface area contributed by atoms with Crippen molar-refractivity contribution in [3.8, 4) is 6.07 Å². The molecule has 1 saturated heterocycles. The van der Waals surface area contributed by atoms with Gasteiger partial charge in [-0.1, -0.05) is 42.8 Å². The zero-order valence-corrected chi connectivity index (χ0v) is 16.2. The summed E-state index contributed by atoms with van der Waals surface area (Å²) in [5.74, 6) is -0.0903. The van der Waals surface area contributed by atoms with Gasteiger partial charge in [-0.15, -0.1) is 0 Å². The number of nitrogens with one attached hydrogen (secondary N) is 1. The molecule has 0 atom stereocenters. The van der Waals surface area contributed by atoms with Crippen LogP contribution in [0, 0.1) is 11.3 Å². The van der Waals surface area contributed by atoms with Gasteiger partial charge in [-0.25, -0.2) is 13.1 Å². The Morgan fingerprint density at radius 3 is 2.30 bits per heavy atom. The van der Waals surface area contributed by atoms with E-state index in [0.29, 0.717) is 17.7 Å². The maximum atomic E-state index is 12.4. The fourth-order valence-electron chi connectivity index (χ4n) is 3.38. The Balaban J connectivity index is 1.62. The number of nitriles is 1. The van der Waals surface area contributed by atoms with E-state index in [1.807, 2.05) is 24.3 Å². The summed E-state index contributed by atoms with van der Waals surface area (Å²) < 4.78 is 27.6. The van der Waals surface area contributed by atoms with Crippen molar-refractivity contribution >= 4 is 10.0 Å². The molecule has 0 aromatic heterocycles. The minimum atomic E-state index is -3.45. The molecule has 2 aromatic rings. The van der Waals surface area contributed by atoms with E-state index in [9.17, 15) is 8.42 Å². The van der Waals surface area contributed by atoms with Gasteiger partial charge in [0, 0.05) is 13.1 Å². The second kappa shape index (κ2) is 9.14. The van der Waals surface area contributed by atoms with Gasteiger partial charge in [0.1, 0.15) is 0 Å². The van der Waals surface area contributed by atoms with Gasteiger partial charge in [-0.05, 0) is 54.8 Å². The summed E-state index contributed by atoms with van der Waals surface area (Å²) in [7, 11) is -3.45. The summed E-state index contributed by atoms with van der Waals surface area (Å²) in [6, 6.07) is 16.7. The molecule has 0 spiro atoms. The highest BCUT2D eigenvalue weighted by Crippen LogP contribution is 2.16. The molecule has 1 heterocycles. The molecule has 0 radical (unpaired) electrons. The molecule has 0 aliphatic carbocycles. The van der Waals surface area contributed by atoms with E-state index < -0.39 is 10.0 Å². The normalized spacial score (nSPS) is 15.4. The first kappa shape index (κ1) is 19.6. The summed E-state index contributed by atoms with van der Waals surface area (Å²) in [5, 5.41) is 8.83. The maximum absolute atomic E-state index is 12.4. The predicted octanol–water partition coefficient (Wildman–Crippen LogP) is 3.16. The van der Waals surface area contributed by atoms with Crippen LogP contribution >= 0.6 is 0 Å². The topological polar surface area (TPSA) is 73.2 Å². The smallest absolute Gasteiger partial charge is 0.216 e. The van der Waals surface area contributed by atoms with E-state index >= 15 is 0 Å². The highest BCUT2D eigenvalue weighted by molar-refractivity contribution is 7.88. The lowest BCUT2D eigenvalue weighted by atomic mass is 10.1. The summed E-state index contributed by atoms with van der Waals surface area (Å²) in [5.41, 5.74) is 3.39. The molecule has 1 fully saturated rings. The van der Waals surface area contributed by atoms with Crippen molar-refractivity contribution in [3.05, 3.63) is 70.8 Å². The minimum absolute atomic E-state index is 0.0903. The summed E-state index contributed by atoms with van der Waals surface area (Å²) in [4.78, 5) is 2.44. The van der Waals surface area contributed by atoms with Crippen LogP contribution in [0.25, 0.3) is 0 Å². The Bertz CT molecular complexity index is 896. The van der Waals surface area contributed by atoms with E-state index in [1.54, 1.807) is 24.3 Å². The number of hydrogen-bond donors (Lipinski definition) is 1. The van der Waals surface area contributed by atoms with Crippen molar-refractivity contribution in [2.75, 3.05) is 13.1 Å². The Morgan fingerprint density at radius 2 is 1.63 bits per heavy atom. The monoisotopic (exact) mass is 383 g/mol. The third-order valence-electron chi connectivity index (χ3n) is 4.88. The van der Waals surface area contributed by atoms with Crippen LogP contribution in [0.1, 0.15) is 41.5 Å². The van der Waals surface area contributed by atoms with Gasteiger partial charge in [0.15, 0.2) is 0 Å². The fraction of sp³-hybridized carbons (Fsp3) is 0.381. The Hall–Kier alpha value is -2.20. The van der Waals surface area contributed by atoms with Gasteiger partial charge in [0.05, 0.1) is 17.4 Å². The fourth-order valence-corrected chi connectivity index (χ4v) is 4.49. The number of nitrogens with zero attached hydrogens (tertiary/aromatic N) is 2. The van der Waals surface area contributed by atoms with Crippen molar-refractivity contribution < 1.29 is 8.42 Å². The predicted molar refractivity (Wildman–Crippen MR) is 106 cm³/mol. The molecule has 27 heavy (non-hydrogen) atoms. The summed E-state index contributed by atoms with van der Waals surface area (Å²) >= 11 is 0. The molecule has 0 unspecified atom stereocenters. The number of piperidine rings is 1. The van der Waals surface area contributed by atoms with Crippen molar-refractivity contribution in [1.82, 2.24) is 9.62 Å². The standard InChI is InChI=1S/C21H25N3O2S/c22-14-18-8-10-19(11-9-18)17-27(25,26)23-15-20-6-2-3-7-21(20)16-24-12-4-1-5-13-24/h2-3,6-11,23H,1,4-5,12-13,15-17H2. The second-order valence-corrected chi connectivity index (χ2v) is 8.80. The molecule has 3 rings (SSSR count). The van der Waals surface area contributed by atoms with Crippen molar-refractivity contribution in [2.45, 2.75) is 38.1 Å². The highest BCUT2D eigenvalue weighted by atomic mass is 32.2. The first-order valence-electron chi connectivity index (χ1n) is 9.31. The summed E-state index contributed by atoms with van der Waals surface area (Å²) in [6.07, 6.45) is 3.77. The van der Waals surface area contributed by atoms with Crippen LogP contribution < -0.4 is 4.72 Å². The number of sulfonamides is 1. The number of rotatable bonds is 7. The van der Waals surface area contributed by atoms with Crippen LogP contribution in [0.4, 0.5) is 0 Å². The number of hydrogen-bond acceptors (Lipinski definition) is 4. The average molecular weight is 384 g/mol. The highest BCUT2D eigenvalue weighted by Gasteiger charge is 2.15. The summed E-state index contributed by atoms with van der Waals surface area (Å²) in [6.45, 7) is 3.38. The van der Waals surface area contributed by atoms with E-state index in [-0.39, 0.29) is 5.75 Å². The molecular formula is C21H25N3O2S. The molecule has 1 aliphatic rings. The lowest BCUT2D eigenvalue weighted by molar-refractivity contribution is 0.220.